The van der Waals surface area contributed by atoms with Crippen LogP contribution in [0.4, 0.5) is 0 Å². The molecular weight excluding hydrogens is 410 g/mol. The number of benzene rings is 2. The van der Waals surface area contributed by atoms with Crippen LogP contribution in [-0.4, -0.2) is 25.5 Å². The van der Waals surface area contributed by atoms with E-state index < -0.39 is 0 Å². The van der Waals surface area contributed by atoms with Gasteiger partial charge in [-0.1, -0.05) is 45.8 Å². The quantitative estimate of drug-likeness (QED) is 0.506. The third kappa shape index (κ3) is 7.27. The van der Waals surface area contributed by atoms with Crippen molar-refractivity contribution in [3.8, 4) is 5.75 Å². The van der Waals surface area contributed by atoms with Gasteiger partial charge in [0.2, 0.25) is 5.91 Å². The summed E-state index contributed by atoms with van der Waals surface area (Å²) in [6, 6.07) is 13.8. The van der Waals surface area contributed by atoms with Crippen LogP contribution in [0.2, 0.25) is 0 Å². The number of amides is 1. The average Bonchev–Trinajstić information content (AvgIpc) is 2.66. The Balaban J connectivity index is 1.98. The minimum Gasteiger partial charge on any atom is -0.488 e. The first-order valence-corrected chi connectivity index (χ1v) is 9.28. The van der Waals surface area contributed by atoms with Crippen molar-refractivity contribution >= 4 is 33.9 Å². The lowest BCUT2D eigenvalue weighted by atomic mass is 10.1. The van der Waals surface area contributed by atoms with Gasteiger partial charge < -0.3 is 14.8 Å². The summed E-state index contributed by atoms with van der Waals surface area (Å²) in [7, 11) is 1.31. The molecule has 0 aliphatic carbocycles. The van der Waals surface area contributed by atoms with Crippen molar-refractivity contribution in [2.24, 2.45) is 0 Å². The molecule has 2 aromatic carbocycles. The zero-order valence-corrected chi connectivity index (χ0v) is 16.9. The predicted molar refractivity (Wildman–Crippen MR) is 108 cm³/mol. The standard InChI is InChI=1S/C21H22BrNO4/c1-15-3-5-16(6-4-15)14-27-19-9-8-18(22)13-17(19)7-10-20(24)23-12-11-21(25)26-2/h3-10,13H,11-12,14H2,1-2H3,(H,23,24)/b10-7+. The first kappa shape index (κ1) is 20.7. The van der Waals surface area contributed by atoms with Crippen LogP contribution in [0.25, 0.3) is 6.08 Å². The number of nitrogens with one attached hydrogen (secondary N) is 1. The summed E-state index contributed by atoms with van der Waals surface area (Å²) in [5.74, 6) is 0.0267. The Morgan fingerprint density at radius 1 is 1.15 bits per heavy atom. The smallest absolute Gasteiger partial charge is 0.307 e. The molecule has 0 heterocycles. The third-order valence-corrected chi connectivity index (χ3v) is 4.25. The predicted octanol–water partition coefficient (Wildman–Crippen LogP) is 4.03. The summed E-state index contributed by atoms with van der Waals surface area (Å²) in [4.78, 5) is 22.9. The molecule has 0 aliphatic rings. The summed E-state index contributed by atoms with van der Waals surface area (Å²) in [6.07, 6.45) is 3.23. The number of carbonyl (C=O) groups is 2. The Bertz CT molecular complexity index is 815. The van der Waals surface area contributed by atoms with Crippen LogP contribution in [0.1, 0.15) is 23.1 Å². The topological polar surface area (TPSA) is 64.6 Å². The number of aryl methyl sites for hydroxylation is 1. The summed E-state index contributed by atoms with van der Waals surface area (Å²) >= 11 is 3.43. The largest absolute Gasteiger partial charge is 0.488 e. The fourth-order valence-electron chi connectivity index (χ4n) is 2.24. The molecule has 0 unspecified atom stereocenters. The maximum Gasteiger partial charge on any atom is 0.307 e. The lowest BCUT2D eigenvalue weighted by Crippen LogP contribution is -2.24. The lowest BCUT2D eigenvalue weighted by molar-refractivity contribution is -0.140. The second-order valence-corrected chi connectivity index (χ2v) is 6.82. The van der Waals surface area contributed by atoms with Crippen molar-refractivity contribution in [2.45, 2.75) is 20.0 Å². The Morgan fingerprint density at radius 2 is 1.89 bits per heavy atom. The molecule has 0 atom stereocenters. The van der Waals surface area contributed by atoms with Crippen LogP contribution in [0.15, 0.2) is 53.0 Å². The van der Waals surface area contributed by atoms with Gasteiger partial charge in [-0.05, 0) is 36.8 Å². The van der Waals surface area contributed by atoms with Gasteiger partial charge in [0, 0.05) is 22.7 Å². The SMILES string of the molecule is COC(=O)CCNC(=O)/C=C/c1cc(Br)ccc1OCc1ccc(C)cc1. The van der Waals surface area contributed by atoms with Gasteiger partial charge in [-0.15, -0.1) is 0 Å². The fraction of sp³-hybridized carbons (Fsp3) is 0.238. The van der Waals surface area contributed by atoms with E-state index in [-0.39, 0.29) is 24.8 Å². The second-order valence-electron chi connectivity index (χ2n) is 5.91. The van der Waals surface area contributed by atoms with Crippen LogP contribution in [0, 0.1) is 6.92 Å². The van der Waals surface area contributed by atoms with Gasteiger partial charge in [0.15, 0.2) is 0 Å². The summed E-state index contributed by atoms with van der Waals surface area (Å²) in [6.45, 7) is 2.71. The Labute approximate surface area is 167 Å². The summed E-state index contributed by atoms with van der Waals surface area (Å²) in [5, 5.41) is 2.64. The number of carbonyl (C=O) groups excluding carboxylic acids is 2. The minimum absolute atomic E-state index is 0.137. The van der Waals surface area contributed by atoms with Crippen LogP contribution in [0.3, 0.4) is 0 Å². The highest BCUT2D eigenvalue weighted by atomic mass is 79.9. The van der Waals surface area contributed by atoms with Crippen LogP contribution in [-0.2, 0) is 20.9 Å². The zero-order valence-electron chi connectivity index (χ0n) is 15.3. The highest BCUT2D eigenvalue weighted by Gasteiger charge is 2.05. The number of hydrogen-bond donors (Lipinski definition) is 1. The first-order chi connectivity index (χ1) is 13.0. The number of hydrogen-bond acceptors (Lipinski definition) is 4. The number of ether oxygens (including phenoxy) is 2. The molecule has 0 spiro atoms. The van der Waals surface area contributed by atoms with E-state index in [0.29, 0.717) is 12.4 Å². The number of esters is 1. The first-order valence-electron chi connectivity index (χ1n) is 8.48. The zero-order chi connectivity index (χ0) is 19.6. The highest BCUT2D eigenvalue weighted by Crippen LogP contribution is 2.25. The van der Waals surface area contributed by atoms with Crippen molar-refractivity contribution in [3.63, 3.8) is 0 Å². The van der Waals surface area contributed by atoms with Gasteiger partial charge in [0.05, 0.1) is 13.5 Å². The van der Waals surface area contributed by atoms with E-state index >= 15 is 0 Å². The maximum atomic E-state index is 11.9. The van der Waals surface area contributed by atoms with E-state index in [1.807, 2.05) is 49.4 Å². The maximum absolute atomic E-state index is 11.9. The molecular formula is C21H22BrNO4. The summed E-state index contributed by atoms with van der Waals surface area (Å²) < 4.78 is 11.3. The molecule has 2 aromatic rings. The normalized spacial score (nSPS) is 10.6. The molecule has 6 heteroatoms. The Morgan fingerprint density at radius 3 is 2.59 bits per heavy atom. The van der Waals surface area contributed by atoms with E-state index in [4.69, 9.17) is 4.74 Å². The lowest BCUT2D eigenvalue weighted by Gasteiger charge is -2.10. The average molecular weight is 432 g/mol. The summed E-state index contributed by atoms with van der Waals surface area (Å²) in [5.41, 5.74) is 3.04. The number of halogens is 1. The number of rotatable bonds is 8. The van der Waals surface area contributed by atoms with Crippen molar-refractivity contribution in [1.82, 2.24) is 5.32 Å². The monoisotopic (exact) mass is 431 g/mol. The molecule has 142 valence electrons. The molecule has 0 fully saturated rings. The molecule has 0 aromatic heterocycles. The van der Waals surface area contributed by atoms with Gasteiger partial charge in [-0.2, -0.15) is 0 Å². The second kappa shape index (κ2) is 10.5. The third-order valence-electron chi connectivity index (χ3n) is 3.76. The van der Waals surface area contributed by atoms with Crippen molar-refractivity contribution in [1.29, 1.82) is 0 Å². The molecule has 0 bridgehead atoms. The fourth-order valence-corrected chi connectivity index (χ4v) is 2.62. The Hall–Kier alpha value is -2.60. The van der Waals surface area contributed by atoms with Gasteiger partial charge in [0.25, 0.3) is 0 Å². The molecule has 1 N–H and O–H groups in total. The minimum atomic E-state index is -0.363. The molecule has 27 heavy (non-hydrogen) atoms. The molecule has 0 radical (unpaired) electrons. The molecule has 0 saturated heterocycles. The molecule has 0 aliphatic heterocycles. The van der Waals surface area contributed by atoms with Crippen LogP contribution >= 0.6 is 15.9 Å². The van der Waals surface area contributed by atoms with E-state index in [9.17, 15) is 9.59 Å². The van der Waals surface area contributed by atoms with Gasteiger partial charge in [-0.25, -0.2) is 0 Å². The molecule has 2 rings (SSSR count). The van der Waals surface area contributed by atoms with E-state index in [1.54, 1.807) is 6.08 Å². The van der Waals surface area contributed by atoms with Crippen molar-refractivity contribution in [3.05, 3.63) is 69.7 Å². The van der Waals surface area contributed by atoms with Gasteiger partial charge in [-0.3, -0.25) is 9.59 Å². The van der Waals surface area contributed by atoms with Gasteiger partial charge in [0.1, 0.15) is 12.4 Å². The highest BCUT2D eigenvalue weighted by molar-refractivity contribution is 9.10. The Kier molecular flexibility index (Phi) is 8.07. The van der Waals surface area contributed by atoms with E-state index in [1.165, 1.54) is 18.7 Å². The van der Waals surface area contributed by atoms with Crippen molar-refractivity contribution in [2.75, 3.05) is 13.7 Å². The number of methoxy groups -OCH3 is 1. The van der Waals surface area contributed by atoms with Crippen LogP contribution in [0.5, 0.6) is 5.75 Å². The molecule has 1 amide bonds. The van der Waals surface area contributed by atoms with Crippen molar-refractivity contribution < 1.29 is 19.1 Å². The van der Waals surface area contributed by atoms with E-state index in [2.05, 4.69) is 26.0 Å². The van der Waals surface area contributed by atoms with Gasteiger partial charge >= 0.3 is 5.97 Å². The van der Waals surface area contributed by atoms with Crippen LogP contribution < -0.4 is 10.1 Å². The molecule has 0 saturated carbocycles. The van der Waals surface area contributed by atoms with E-state index in [0.717, 1.165) is 15.6 Å². The molecule has 5 nitrogen and oxygen atoms in total.